The first-order valence-electron chi connectivity index (χ1n) is 7.16. The standard InChI is InChI=1S/C13H28O4Si/c1-6-14-18(15-7-2,16-8-3)17-13-10-11(4)9-12(13)5/h11-13H,6-10H2,1-5H3/t11-,12-,13+/m1/s1. The fourth-order valence-electron chi connectivity index (χ4n) is 2.62. The summed E-state index contributed by atoms with van der Waals surface area (Å²) < 4.78 is 23.4. The van der Waals surface area contributed by atoms with Crippen LogP contribution < -0.4 is 0 Å². The Kier molecular flexibility index (Phi) is 6.80. The minimum absolute atomic E-state index is 0.205. The van der Waals surface area contributed by atoms with Gasteiger partial charge in [-0.3, -0.25) is 0 Å². The lowest BCUT2D eigenvalue weighted by atomic mass is 10.1. The molecule has 0 spiro atoms. The Morgan fingerprint density at radius 1 is 0.889 bits per heavy atom. The summed E-state index contributed by atoms with van der Waals surface area (Å²) >= 11 is 0. The summed E-state index contributed by atoms with van der Waals surface area (Å²) in [5.41, 5.74) is 0. The highest BCUT2D eigenvalue weighted by Gasteiger charge is 2.49. The third-order valence-electron chi connectivity index (χ3n) is 3.30. The second-order valence-electron chi connectivity index (χ2n) is 5.01. The van der Waals surface area contributed by atoms with Crippen molar-refractivity contribution in [1.29, 1.82) is 0 Å². The lowest BCUT2D eigenvalue weighted by Crippen LogP contribution is -2.52. The highest BCUT2D eigenvalue weighted by Crippen LogP contribution is 2.34. The highest BCUT2D eigenvalue weighted by molar-refractivity contribution is 6.53. The van der Waals surface area contributed by atoms with Gasteiger partial charge in [0.1, 0.15) is 0 Å². The topological polar surface area (TPSA) is 36.9 Å². The second-order valence-corrected chi connectivity index (χ2v) is 7.11. The van der Waals surface area contributed by atoms with Crippen molar-refractivity contribution in [3.05, 3.63) is 0 Å². The van der Waals surface area contributed by atoms with Crippen molar-refractivity contribution in [2.75, 3.05) is 19.8 Å². The van der Waals surface area contributed by atoms with Gasteiger partial charge in [0.05, 0.1) is 6.10 Å². The molecule has 18 heavy (non-hydrogen) atoms. The van der Waals surface area contributed by atoms with Gasteiger partial charge in [0.15, 0.2) is 0 Å². The Balaban J connectivity index is 2.69. The summed E-state index contributed by atoms with van der Waals surface area (Å²) in [6.07, 6.45) is 2.49. The van der Waals surface area contributed by atoms with E-state index in [4.69, 9.17) is 17.7 Å². The van der Waals surface area contributed by atoms with Crippen molar-refractivity contribution in [2.45, 2.75) is 53.6 Å². The summed E-state index contributed by atoms with van der Waals surface area (Å²) in [4.78, 5) is 0. The van der Waals surface area contributed by atoms with E-state index >= 15 is 0 Å². The molecule has 0 bridgehead atoms. The smallest absolute Gasteiger partial charge is 0.351 e. The van der Waals surface area contributed by atoms with Gasteiger partial charge in [0.2, 0.25) is 0 Å². The molecule has 0 radical (unpaired) electrons. The zero-order valence-corrected chi connectivity index (χ0v) is 13.4. The maximum Gasteiger partial charge on any atom is 0.679 e. The monoisotopic (exact) mass is 276 g/mol. The highest BCUT2D eigenvalue weighted by atomic mass is 28.4. The molecule has 3 atom stereocenters. The van der Waals surface area contributed by atoms with E-state index in [0.717, 1.165) is 6.42 Å². The van der Waals surface area contributed by atoms with Crippen LogP contribution in [0.25, 0.3) is 0 Å². The van der Waals surface area contributed by atoms with Gasteiger partial charge < -0.3 is 17.7 Å². The Morgan fingerprint density at radius 3 is 1.72 bits per heavy atom. The van der Waals surface area contributed by atoms with Crippen molar-refractivity contribution in [2.24, 2.45) is 11.8 Å². The summed E-state index contributed by atoms with van der Waals surface area (Å²) in [6.45, 7) is 12.0. The van der Waals surface area contributed by atoms with Crippen molar-refractivity contribution < 1.29 is 17.7 Å². The lowest BCUT2D eigenvalue weighted by molar-refractivity contribution is -0.0568. The van der Waals surface area contributed by atoms with E-state index < -0.39 is 9.05 Å². The lowest BCUT2D eigenvalue weighted by Gasteiger charge is -2.31. The Bertz CT molecular complexity index is 220. The van der Waals surface area contributed by atoms with Crippen LogP contribution in [0.2, 0.25) is 0 Å². The molecule has 0 N–H and O–H groups in total. The Labute approximate surface area is 112 Å². The van der Waals surface area contributed by atoms with Gasteiger partial charge >= 0.3 is 9.05 Å². The quantitative estimate of drug-likeness (QED) is 0.639. The molecule has 0 aliphatic heterocycles. The maximum absolute atomic E-state index is 6.18. The van der Waals surface area contributed by atoms with E-state index in [9.17, 15) is 0 Å². The van der Waals surface area contributed by atoms with Gasteiger partial charge in [-0.25, -0.2) is 0 Å². The summed E-state index contributed by atoms with van der Waals surface area (Å²) in [7, 11) is -2.93. The van der Waals surface area contributed by atoms with Crippen LogP contribution in [0.3, 0.4) is 0 Å². The molecule has 0 amide bonds. The minimum atomic E-state index is -2.93. The van der Waals surface area contributed by atoms with Gasteiger partial charge in [-0.2, -0.15) is 0 Å². The molecule has 1 aliphatic rings. The number of rotatable bonds is 8. The molecule has 0 unspecified atom stereocenters. The van der Waals surface area contributed by atoms with Crippen LogP contribution in [-0.4, -0.2) is 35.0 Å². The van der Waals surface area contributed by atoms with Gasteiger partial charge in [-0.15, -0.1) is 0 Å². The van der Waals surface area contributed by atoms with Crippen LogP contribution in [-0.2, 0) is 17.7 Å². The molecule has 1 fully saturated rings. The van der Waals surface area contributed by atoms with Crippen LogP contribution in [0.4, 0.5) is 0 Å². The predicted molar refractivity (Wildman–Crippen MR) is 73.1 cm³/mol. The predicted octanol–water partition coefficient (Wildman–Crippen LogP) is 2.98. The molecular formula is C13H28O4Si. The Hall–Kier alpha value is 0.0569. The maximum atomic E-state index is 6.18. The van der Waals surface area contributed by atoms with Crippen LogP contribution in [0.1, 0.15) is 47.5 Å². The van der Waals surface area contributed by atoms with Crippen LogP contribution in [0.15, 0.2) is 0 Å². The van der Waals surface area contributed by atoms with E-state index in [1.807, 2.05) is 20.8 Å². The van der Waals surface area contributed by atoms with Crippen molar-refractivity contribution in [3.8, 4) is 0 Å². The SMILES string of the molecule is CCO[Si](OCC)(OCC)O[C@H]1C[C@H](C)C[C@H]1C. The normalized spacial score (nSPS) is 28.8. The largest absolute Gasteiger partial charge is 0.679 e. The van der Waals surface area contributed by atoms with Gasteiger partial charge in [-0.05, 0) is 45.4 Å². The molecule has 0 aromatic heterocycles. The van der Waals surface area contributed by atoms with E-state index in [0.29, 0.717) is 31.7 Å². The fourth-order valence-corrected chi connectivity index (χ4v) is 4.83. The summed E-state index contributed by atoms with van der Waals surface area (Å²) in [5.74, 6) is 1.26. The molecule has 4 nitrogen and oxygen atoms in total. The first-order chi connectivity index (χ1) is 8.56. The first kappa shape index (κ1) is 16.1. The van der Waals surface area contributed by atoms with E-state index in [2.05, 4.69) is 13.8 Å². The van der Waals surface area contributed by atoms with Gasteiger partial charge in [-0.1, -0.05) is 13.8 Å². The van der Waals surface area contributed by atoms with Crippen LogP contribution >= 0.6 is 0 Å². The van der Waals surface area contributed by atoms with Crippen molar-refractivity contribution in [1.82, 2.24) is 0 Å². The number of hydrogen-bond acceptors (Lipinski definition) is 4. The first-order valence-corrected chi connectivity index (χ1v) is 8.79. The Morgan fingerprint density at radius 2 is 1.39 bits per heavy atom. The summed E-state index contributed by atoms with van der Waals surface area (Å²) in [6, 6.07) is 0. The van der Waals surface area contributed by atoms with Crippen molar-refractivity contribution in [3.63, 3.8) is 0 Å². The zero-order valence-electron chi connectivity index (χ0n) is 12.4. The number of hydrogen-bond donors (Lipinski definition) is 0. The van der Waals surface area contributed by atoms with Crippen molar-refractivity contribution >= 4 is 9.05 Å². The molecule has 1 saturated carbocycles. The molecule has 0 heterocycles. The van der Waals surface area contributed by atoms with Crippen LogP contribution in [0, 0.1) is 11.8 Å². The van der Waals surface area contributed by atoms with E-state index in [1.54, 1.807) is 0 Å². The molecule has 1 rings (SSSR count). The van der Waals surface area contributed by atoms with Gasteiger partial charge in [0, 0.05) is 19.8 Å². The van der Waals surface area contributed by atoms with Crippen LogP contribution in [0.5, 0.6) is 0 Å². The molecule has 108 valence electrons. The molecular weight excluding hydrogens is 248 g/mol. The van der Waals surface area contributed by atoms with E-state index in [1.165, 1.54) is 6.42 Å². The zero-order chi connectivity index (χ0) is 13.6. The third-order valence-corrected chi connectivity index (χ3v) is 5.82. The molecule has 5 heteroatoms. The average molecular weight is 276 g/mol. The molecule has 1 aliphatic carbocycles. The second kappa shape index (κ2) is 7.60. The summed E-state index contributed by atoms with van der Waals surface area (Å²) in [5, 5.41) is 0. The minimum Gasteiger partial charge on any atom is -0.351 e. The van der Waals surface area contributed by atoms with E-state index in [-0.39, 0.29) is 6.10 Å². The molecule has 0 aromatic carbocycles. The molecule has 0 aromatic rings. The van der Waals surface area contributed by atoms with Gasteiger partial charge in [0.25, 0.3) is 0 Å². The fraction of sp³-hybridized carbons (Fsp3) is 1.00. The third kappa shape index (κ3) is 4.31. The average Bonchev–Trinajstić information content (AvgIpc) is 2.58. The molecule has 0 saturated heterocycles.